The van der Waals surface area contributed by atoms with Crippen molar-refractivity contribution in [3.05, 3.63) is 33.8 Å². The summed E-state index contributed by atoms with van der Waals surface area (Å²) in [6.07, 6.45) is 0. The first-order valence-electron chi connectivity index (χ1n) is 6.34. The fourth-order valence-corrected chi connectivity index (χ4v) is 2.86. The van der Waals surface area contributed by atoms with E-state index in [4.69, 9.17) is 28.3 Å². The Labute approximate surface area is 126 Å². The Morgan fingerprint density at radius 3 is 2.55 bits per heavy atom. The Morgan fingerprint density at radius 2 is 1.95 bits per heavy atom. The number of hydrogen-bond acceptors (Lipinski definition) is 3. The molecule has 1 aromatic carbocycles. The lowest BCUT2D eigenvalue weighted by Crippen LogP contribution is -2.51. The third-order valence-electron chi connectivity index (χ3n) is 3.40. The summed E-state index contributed by atoms with van der Waals surface area (Å²) in [4.78, 5) is 1.63. The maximum Gasteiger partial charge on any atom is 0.289 e. The first-order valence-corrected chi connectivity index (χ1v) is 7.10. The van der Waals surface area contributed by atoms with Crippen molar-refractivity contribution in [2.24, 2.45) is 0 Å². The average molecular weight is 325 g/mol. The zero-order chi connectivity index (χ0) is 14.8. The van der Waals surface area contributed by atoms with Crippen molar-refractivity contribution in [2.75, 3.05) is 32.8 Å². The molecule has 1 aliphatic heterocycles. The zero-order valence-electron chi connectivity index (χ0n) is 10.8. The van der Waals surface area contributed by atoms with Crippen molar-refractivity contribution in [3.63, 3.8) is 0 Å². The van der Waals surface area contributed by atoms with E-state index in [1.807, 2.05) is 0 Å². The van der Waals surface area contributed by atoms with Gasteiger partial charge in [-0.15, -0.1) is 0 Å². The molecule has 20 heavy (non-hydrogen) atoms. The van der Waals surface area contributed by atoms with Crippen LogP contribution in [-0.4, -0.2) is 48.7 Å². The molecule has 3 nitrogen and oxygen atoms in total. The third kappa shape index (κ3) is 3.23. The highest BCUT2D eigenvalue weighted by Gasteiger charge is 2.45. The highest BCUT2D eigenvalue weighted by atomic mass is 35.5. The van der Waals surface area contributed by atoms with E-state index < -0.39 is 18.6 Å². The van der Waals surface area contributed by atoms with E-state index >= 15 is 0 Å². The van der Waals surface area contributed by atoms with Crippen molar-refractivity contribution in [3.8, 4) is 0 Å². The third-order valence-corrected chi connectivity index (χ3v) is 4.24. The maximum absolute atomic E-state index is 14.2. The highest BCUT2D eigenvalue weighted by molar-refractivity contribution is 6.42. The van der Waals surface area contributed by atoms with Gasteiger partial charge in [0.05, 0.1) is 10.0 Å². The van der Waals surface area contributed by atoms with E-state index in [0.29, 0.717) is 26.2 Å². The lowest BCUT2D eigenvalue weighted by Gasteiger charge is -2.39. The highest BCUT2D eigenvalue weighted by Crippen LogP contribution is 2.41. The Morgan fingerprint density at radius 1 is 1.30 bits per heavy atom. The molecule has 1 aliphatic rings. The number of piperazine rings is 1. The predicted molar refractivity (Wildman–Crippen MR) is 75.7 cm³/mol. The van der Waals surface area contributed by atoms with Crippen molar-refractivity contribution in [1.29, 1.82) is 0 Å². The Bertz CT molecular complexity index is 468. The summed E-state index contributed by atoms with van der Waals surface area (Å²) in [5, 5.41) is 12.5. The molecule has 0 radical (unpaired) electrons. The molecule has 1 heterocycles. The minimum Gasteiger partial charge on any atom is -0.390 e. The van der Waals surface area contributed by atoms with E-state index in [2.05, 4.69) is 5.32 Å². The summed E-state index contributed by atoms with van der Waals surface area (Å²) < 4.78 is 28.4. The predicted octanol–water partition coefficient (Wildman–Crippen LogP) is 2.57. The molecule has 0 aromatic heterocycles. The molecule has 0 saturated carbocycles. The van der Waals surface area contributed by atoms with Crippen molar-refractivity contribution in [1.82, 2.24) is 10.2 Å². The molecule has 0 unspecified atom stereocenters. The van der Waals surface area contributed by atoms with Gasteiger partial charge < -0.3 is 10.4 Å². The molecule has 7 heteroatoms. The van der Waals surface area contributed by atoms with Gasteiger partial charge >= 0.3 is 0 Å². The molecule has 1 fully saturated rings. The summed E-state index contributed by atoms with van der Waals surface area (Å²) in [6.45, 7) is 0.934. The van der Waals surface area contributed by atoms with E-state index in [1.54, 1.807) is 17.0 Å². The van der Waals surface area contributed by atoms with Crippen LogP contribution in [0.4, 0.5) is 8.78 Å². The van der Waals surface area contributed by atoms with E-state index in [0.717, 1.165) is 0 Å². The standard InChI is InChI=1S/C13H16Cl2F2N2O/c14-10-3-1-2-9(11(10)15)12(13(16,17)8-20)19-6-4-18-5-7-19/h1-3,12,18,20H,4-8H2/t12-/m1/s1. The molecular weight excluding hydrogens is 309 g/mol. The van der Waals surface area contributed by atoms with Gasteiger partial charge in [-0.3, -0.25) is 4.90 Å². The summed E-state index contributed by atoms with van der Waals surface area (Å²) >= 11 is 12.0. The van der Waals surface area contributed by atoms with Gasteiger partial charge in [-0.25, -0.2) is 8.78 Å². The second kappa shape index (κ2) is 6.54. The first-order chi connectivity index (χ1) is 9.47. The molecule has 0 bridgehead atoms. The van der Waals surface area contributed by atoms with Crippen LogP contribution in [0.3, 0.4) is 0 Å². The minimum absolute atomic E-state index is 0.117. The second-order valence-corrected chi connectivity index (χ2v) is 5.54. The van der Waals surface area contributed by atoms with E-state index in [9.17, 15) is 8.78 Å². The summed E-state index contributed by atoms with van der Waals surface area (Å²) in [5.74, 6) is -3.29. The molecule has 2 rings (SSSR count). The normalized spacial score (nSPS) is 19.1. The van der Waals surface area contributed by atoms with Crippen molar-refractivity contribution < 1.29 is 13.9 Å². The first kappa shape index (κ1) is 15.9. The van der Waals surface area contributed by atoms with Gasteiger partial charge in [0.25, 0.3) is 5.92 Å². The number of rotatable bonds is 4. The van der Waals surface area contributed by atoms with E-state index in [1.165, 1.54) is 6.07 Å². The number of alkyl halides is 2. The maximum atomic E-state index is 14.2. The number of aliphatic hydroxyl groups excluding tert-OH is 1. The quantitative estimate of drug-likeness (QED) is 0.893. The van der Waals surface area contributed by atoms with Crippen LogP contribution in [-0.2, 0) is 0 Å². The van der Waals surface area contributed by atoms with E-state index in [-0.39, 0.29) is 15.6 Å². The summed E-state index contributed by atoms with van der Waals surface area (Å²) in [7, 11) is 0. The van der Waals surface area contributed by atoms with Gasteiger partial charge in [0.2, 0.25) is 0 Å². The molecule has 0 aliphatic carbocycles. The molecular formula is C13H16Cl2F2N2O. The smallest absolute Gasteiger partial charge is 0.289 e. The van der Waals surface area contributed by atoms with Crippen LogP contribution in [0.2, 0.25) is 10.0 Å². The lowest BCUT2D eigenvalue weighted by atomic mass is 9.98. The van der Waals surface area contributed by atoms with Crippen LogP contribution in [0.5, 0.6) is 0 Å². The fourth-order valence-electron chi connectivity index (χ4n) is 2.45. The van der Waals surface area contributed by atoms with Crippen LogP contribution >= 0.6 is 23.2 Å². The number of nitrogens with zero attached hydrogens (tertiary/aromatic N) is 1. The monoisotopic (exact) mass is 324 g/mol. The van der Waals surface area contributed by atoms with Gasteiger partial charge in [0, 0.05) is 26.2 Å². The number of nitrogens with one attached hydrogen (secondary N) is 1. The molecule has 112 valence electrons. The van der Waals surface area contributed by atoms with Crippen molar-refractivity contribution >= 4 is 23.2 Å². The minimum atomic E-state index is -3.29. The van der Waals surface area contributed by atoms with Gasteiger partial charge in [-0.1, -0.05) is 35.3 Å². The van der Waals surface area contributed by atoms with Gasteiger partial charge in [0.1, 0.15) is 12.6 Å². The van der Waals surface area contributed by atoms with Crippen LogP contribution in [0.15, 0.2) is 18.2 Å². The molecule has 1 saturated heterocycles. The van der Waals surface area contributed by atoms with Gasteiger partial charge in [-0.05, 0) is 11.6 Å². The average Bonchev–Trinajstić information content (AvgIpc) is 2.45. The van der Waals surface area contributed by atoms with Crippen LogP contribution < -0.4 is 5.32 Å². The number of hydrogen-bond donors (Lipinski definition) is 2. The second-order valence-electron chi connectivity index (χ2n) is 4.75. The number of aliphatic hydroxyl groups is 1. The number of halogens is 4. The Balaban J connectivity index is 2.42. The number of benzene rings is 1. The topological polar surface area (TPSA) is 35.5 Å². The summed E-state index contributed by atoms with van der Waals surface area (Å²) in [5.41, 5.74) is 0.250. The lowest BCUT2D eigenvalue weighted by molar-refractivity contribution is -0.118. The zero-order valence-corrected chi connectivity index (χ0v) is 12.3. The summed E-state index contributed by atoms with van der Waals surface area (Å²) in [6, 6.07) is 3.40. The van der Waals surface area contributed by atoms with Crippen LogP contribution in [0, 0.1) is 0 Å². The molecule has 1 atom stereocenters. The Kier molecular flexibility index (Phi) is 5.20. The molecule has 0 amide bonds. The SMILES string of the molecule is OCC(F)(F)[C@@H](c1cccc(Cl)c1Cl)N1CCNCC1. The molecule has 1 aromatic rings. The van der Waals surface area contributed by atoms with Crippen LogP contribution in [0.1, 0.15) is 11.6 Å². The van der Waals surface area contributed by atoms with Gasteiger partial charge in [-0.2, -0.15) is 0 Å². The molecule has 2 N–H and O–H groups in total. The Hall–Kier alpha value is -0.460. The molecule has 0 spiro atoms. The fraction of sp³-hybridized carbons (Fsp3) is 0.538. The van der Waals surface area contributed by atoms with Gasteiger partial charge in [0.15, 0.2) is 0 Å². The van der Waals surface area contributed by atoms with Crippen LogP contribution in [0.25, 0.3) is 0 Å². The largest absolute Gasteiger partial charge is 0.390 e. The van der Waals surface area contributed by atoms with Crippen molar-refractivity contribution in [2.45, 2.75) is 12.0 Å².